The number of aryl methyl sites for hydroxylation is 1. The molecule has 0 saturated carbocycles. The van der Waals surface area contributed by atoms with Crippen molar-refractivity contribution in [3.8, 4) is 11.8 Å². The van der Waals surface area contributed by atoms with Crippen molar-refractivity contribution in [1.82, 2.24) is 9.97 Å². The zero-order valence-electron chi connectivity index (χ0n) is 12.4. The average molecular weight is 290 g/mol. The smallest absolute Gasteiger partial charge is 0.274 e. The van der Waals surface area contributed by atoms with Crippen LogP contribution in [-0.4, -0.2) is 9.97 Å². The second kappa shape index (κ2) is 4.88. The summed E-state index contributed by atoms with van der Waals surface area (Å²) in [4.78, 5) is 8.80. The average Bonchev–Trinajstić information content (AvgIpc) is 3.03. The fraction of sp³-hybridized carbons (Fsp3) is 0.222. The summed E-state index contributed by atoms with van der Waals surface area (Å²) in [5.74, 6) is 7.15. The summed E-state index contributed by atoms with van der Waals surface area (Å²) in [5, 5.41) is 2.11. The Kier molecular flexibility index (Phi) is 2.87. The molecule has 0 aliphatic rings. The van der Waals surface area contributed by atoms with E-state index < -0.39 is 0 Å². The molecular formula is C18H14N2O2. The summed E-state index contributed by atoms with van der Waals surface area (Å²) in [5.41, 5.74) is 3.19. The third kappa shape index (κ3) is 2.11. The largest absolute Gasteiger partial charge is 0.441 e. The highest BCUT2D eigenvalue weighted by Crippen LogP contribution is 2.27. The van der Waals surface area contributed by atoms with Gasteiger partial charge in [-0.3, -0.25) is 0 Å². The fourth-order valence-corrected chi connectivity index (χ4v) is 2.53. The van der Waals surface area contributed by atoms with Crippen molar-refractivity contribution in [1.29, 1.82) is 0 Å². The van der Waals surface area contributed by atoms with Gasteiger partial charge in [0.25, 0.3) is 5.89 Å². The second-order valence-corrected chi connectivity index (χ2v) is 5.29. The zero-order valence-corrected chi connectivity index (χ0v) is 12.4. The molecule has 2 aromatic heterocycles. The molecule has 0 amide bonds. The summed E-state index contributed by atoms with van der Waals surface area (Å²) in [6.45, 7) is 3.94. The number of rotatable bonds is 1. The van der Waals surface area contributed by atoms with Gasteiger partial charge in [0.1, 0.15) is 11.0 Å². The topological polar surface area (TPSA) is 52.1 Å². The van der Waals surface area contributed by atoms with Crippen molar-refractivity contribution in [2.75, 3.05) is 0 Å². The maximum absolute atomic E-state index is 5.71. The standard InChI is InChI=1S/C18H14N2O2/c1-3-4-5-6-18-20-15-8-13-9-16-14(19-11(2)21-16)7-12(13)10-17(15)22-18/h7-10H,3-4H2,1-2H3. The SMILES string of the molecule is CCCC#Cc1nc2cc3cc4oc(C)nc4cc3cc2o1. The monoisotopic (exact) mass is 290 g/mol. The summed E-state index contributed by atoms with van der Waals surface area (Å²) in [7, 11) is 0. The van der Waals surface area contributed by atoms with E-state index in [-0.39, 0.29) is 0 Å². The fourth-order valence-electron chi connectivity index (χ4n) is 2.53. The van der Waals surface area contributed by atoms with E-state index >= 15 is 0 Å². The molecule has 0 aliphatic heterocycles. The third-order valence-electron chi connectivity index (χ3n) is 3.53. The maximum Gasteiger partial charge on any atom is 0.274 e. The zero-order chi connectivity index (χ0) is 15.1. The van der Waals surface area contributed by atoms with Gasteiger partial charge in [0.2, 0.25) is 0 Å². The summed E-state index contributed by atoms with van der Waals surface area (Å²) in [6.07, 6.45) is 1.88. The second-order valence-electron chi connectivity index (χ2n) is 5.29. The van der Waals surface area contributed by atoms with Crippen LogP contribution in [-0.2, 0) is 0 Å². The highest BCUT2D eigenvalue weighted by Gasteiger charge is 2.09. The van der Waals surface area contributed by atoms with Crippen LogP contribution in [0, 0.1) is 18.8 Å². The molecule has 0 radical (unpaired) electrons. The Hall–Kier alpha value is -2.80. The molecule has 2 aromatic carbocycles. The van der Waals surface area contributed by atoms with Gasteiger partial charge in [0.05, 0.1) is 0 Å². The van der Waals surface area contributed by atoms with Gasteiger partial charge in [-0.1, -0.05) is 12.8 Å². The van der Waals surface area contributed by atoms with Gasteiger partial charge in [-0.25, -0.2) is 9.97 Å². The van der Waals surface area contributed by atoms with Crippen molar-refractivity contribution in [3.05, 3.63) is 36.0 Å². The number of oxazole rings is 2. The van der Waals surface area contributed by atoms with Crippen LogP contribution in [0.4, 0.5) is 0 Å². The summed E-state index contributed by atoms with van der Waals surface area (Å²) < 4.78 is 11.3. The molecule has 0 spiro atoms. The van der Waals surface area contributed by atoms with E-state index in [1.54, 1.807) is 0 Å². The normalized spacial score (nSPS) is 11.2. The lowest BCUT2D eigenvalue weighted by atomic mass is 10.1. The van der Waals surface area contributed by atoms with Crippen molar-refractivity contribution < 1.29 is 8.83 Å². The Bertz CT molecular complexity index is 990. The molecule has 0 aliphatic carbocycles. The van der Waals surface area contributed by atoms with Crippen molar-refractivity contribution in [3.63, 3.8) is 0 Å². The highest BCUT2D eigenvalue weighted by atomic mass is 16.4. The molecule has 0 unspecified atom stereocenters. The van der Waals surface area contributed by atoms with E-state index in [4.69, 9.17) is 8.83 Å². The van der Waals surface area contributed by atoms with E-state index in [0.717, 1.165) is 45.8 Å². The minimum atomic E-state index is 0.469. The van der Waals surface area contributed by atoms with Gasteiger partial charge in [-0.15, -0.1) is 0 Å². The van der Waals surface area contributed by atoms with Gasteiger partial charge in [-0.2, -0.15) is 0 Å². The van der Waals surface area contributed by atoms with Crippen LogP contribution < -0.4 is 0 Å². The first-order valence-corrected chi connectivity index (χ1v) is 7.33. The molecule has 108 valence electrons. The number of unbranched alkanes of at least 4 members (excludes halogenated alkanes) is 1. The minimum absolute atomic E-state index is 0.469. The highest BCUT2D eigenvalue weighted by molar-refractivity contribution is 6.00. The minimum Gasteiger partial charge on any atom is -0.441 e. The molecule has 4 rings (SSSR count). The number of hydrogen-bond acceptors (Lipinski definition) is 4. The quantitative estimate of drug-likeness (QED) is 0.481. The third-order valence-corrected chi connectivity index (χ3v) is 3.53. The lowest BCUT2D eigenvalue weighted by Crippen LogP contribution is -1.76. The molecule has 0 saturated heterocycles. The van der Waals surface area contributed by atoms with Crippen LogP contribution in [0.3, 0.4) is 0 Å². The number of hydrogen-bond donors (Lipinski definition) is 0. The predicted molar refractivity (Wildman–Crippen MR) is 85.6 cm³/mol. The molecular weight excluding hydrogens is 276 g/mol. The lowest BCUT2D eigenvalue weighted by Gasteiger charge is -1.96. The number of aromatic nitrogens is 2. The first-order chi connectivity index (χ1) is 10.7. The van der Waals surface area contributed by atoms with Crippen LogP contribution >= 0.6 is 0 Å². The first-order valence-electron chi connectivity index (χ1n) is 7.33. The van der Waals surface area contributed by atoms with Crippen LogP contribution in [0.5, 0.6) is 0 Å². The van der Waals surface area contributed by atoms with Crippen molar-refractivity contribution in [2.45, 2.75) is 26.7 Å². The number of nitrogens with zero attached hydrogens (tertiary/aromatic N) is 2. The molecule has 0 N–H and O–H groups in total. The van der Waals surface area contributed by atoms with Gasteiger partial charge in [-0.05, 0) is 47.4 Å². The molecule has 0 atom stereocenters. The predicted octanol–water partition coefficient (Wildman–Crippen LogP) is 4.58. The van der Waals surface area contributed by atoms with Crippen molar-refractivity contribution in [2.24, 2.45) is 0 Å². The van der Waals surface area contributed by atoms with Gasteiger partial charge in [0, 0.05) is 13.3 Å². The summed E-state index contributed by atoms with van der Waals surface area (Å²) in [6, 6.07) is 7.97. The lowest BCUT2D eigenvalue weighted by molar-refractivity contribution is 0.561. The van der Waals surface area contributed by atoms with Crippen LogP contribution in [0.25, 0.3) is 33.0 Å². The van der Waals surface area contributed by atoms with Gasteiger partial charge >= 0.3 is 0 Å². The Morgan fingerprint density at radius 2 is 1.64 bits per heavy atom. The van der Waals surface area contributed by atoms with Crippen molar-refractivity contribution >= 4 is 33.0 Å². The summed E-state index contributed by atoms with van der Waals surface area (Å²) >= 11 is 0. The Labute approximate surface area is 127 Å². The van der Waals surface area contributed by atoms with E-state index in [1.807, 2.05) is 31.2 Å². The van der Waals surface area contributed by atoms with E-state index in [0.29, 0.717) is 11.8 Å². The Morgan fingerprint density at radius 3 is 2.36 bits per heavy atom. The number of benzene rings is 2. The van der Waals surface area contributed by atoms with Gasteiger partial charge < -0.3 is 8.83 Å². The van der Waals surface area contributed by atoms with Crippen LogP contribution in [0.15, 0.2) is 33.1 Å². The van der Waals surface area contributed by atoms with E-state index in [1.165, 1.54) is 0 Å². The Balaban J connectivity index is 1.90. The molecule has 22 heavy (non-hydrogen) atoms. The van der Waals surface area contributed by atoms with E-state index in [9.17, 15) is 0 Å². The molecule has 0 fully saturated rings. The number of fused-ring (bicyclic) bond motifs is 3. The van der Waals surface area contributed by atoms with E-state index in [2.05, 4.69) is 28.7 Å². The van der Waals surface area contributed by atoms with Crippen LogP contribution in [0.1, 0.15) is 31.5 Å². The Morgan fingerprint density at radius 1 is 0.955 bits per heavy atom. The molecule has 0 bridgehead atoms. The van der Waals surface area contributed by atoms with Gasteiger partial charge in [0.15, 0.2) is 17.1 Å². The molecule has 4 heteroatoms. The van der Waals surface area contributed by atoms with Crippen LogP contribution in [0.2, 0.25) is 0 Å². The maximum atomic E-state index is 5.71. The molecule has 2 heterocycles. The first kappa shape index (κ1) is 12.9. The molecule has 4 aromatic rings. The molecule has 4 nitrogen and oxygen atoms in total.